The quantitative estimate of drug-likeness (QED) is 0.628. The van der Waals surface area contributed by atoms with E-state index in [-0.39, 0.29) is 0 Å². The molecule has 0 aliphatic heterocycles. The highest BCUT2D eigenvalue weighted by Gasteiger charge is 2.16. The lowest BCUT2D eigenvalue weighted by Gasteiger charge is -2.12. The fraction of sp³-hybridized carbons (Fsp3) is 0.176. The van der Waals surface area contributed by atoms with Crippen LogP contribution in [0.15, 0.2) is 32.5 Å². The summed E-state index contributed by atoms with van der Waals surface area (Å²) in [6.07, 6.45) is 0. The van der Waals surface area contributed by atoms with Crippen LogP contribution in [-0.4, -0.2) is 25.0 Å². The van der Waals surface area contributed by atoms with E-state index < -0.39 is 87.1 Å². The molecule has 0 fully saturated rings. The van der Waals surface area contributed by atoms with Crippen molar-refractivity contribution in [2.75, 3.05) is 0 Å². The number of aromatic nitrogens is 5. The van der Waals surface area contributed by atoms with Crippen molar-refractivity contribution in [1.29, 1.82) is 5.26 Å². The molecule has 0 saturated heterocycles. The van der Waals surface area contributed by atoms with Crippen LogP contribution in [0.3, 0.4) is 0 Å². The number of H-pyrrole nitrogens is 2. The Balaban J connectivity index is 2.19. The molecule has 12 heteroatoms. The van der Waals surface area contributed by atoms with Gasteiger partial charge in [0.2, 0.25) is 11.6 Å². The van der Waals surface area contributed by atoms with Gasteiger partial charge in [-0.05, 0) is 18.0 Å². The average Bonchev–Trinajstić information content (AvgIpc) is 2.77. The van der Waals surface area contributed by atoms with Gasteiger partial charge in [0.15, 0.2) is 5.75 Å². The van der Waals surface area contributed by atoms with Gasteiger partial charge in [0.25, 0.3) is 11.1 Å². The first-order valence-corrected chi connectivity index (χ1v) is 8.14. The van der Waals surface area contributed by atoms with Gasteiger partial charge >= 0.3 is 5.69 Å². The van der Waals surface area contributed by atoms with Gasteiger partial charge in [-0.2, -0.15) is 9.94 Å². The highest BCUT2D eigenvalue weighted by atomic mass is 35.5. The van der Waals surface area contributed by atoms with Crippen molar-refractivity contribution in [3.8, 4) is 23.4 Å². The highest BCUT2D eigenvalue weighted by Crippen LogP contribution is 2.37. The zero-order chi connectivity index (χ0) is 28.0. The third kappa shape index (κ3) is 4.06. The van der Waals surface area contributed by atoms with E-state index in [0.717, 1.165) is 6.07 Å². The number of nitrogens with zero attached hydrogens (tertiary/aromatic N) is 4. The molecule has 0 aliphatic rings. The van der Waals surface area contributed by atoms with Crippen molar-refractivity contribution < 1.29 is 15.7 Å². The van der Waals surface area contributed by atoms with E-state index in [0.29, 0.717) is 4.68 Å². The zero-order valence-electron chi connectivity index (χ0n) is 21.8. The fourth-order valence-corrected chi connectivity index (χ4v) is 2.54. The minimum Gasteiger partial charge on any atom is -0.434 e. The lowest BCUT2D eigenvalue weighted by Crippen LogP contribution is -2.33. The Morgan fingerprint density at radius 2 is 1.97 bits per heavy atom. The minimum atomic E-state index is -3.12. The summed E-state index contributed by atoms with van der Waals surface area (Å²) in [4.78, 5) is 37.9. The SMILES string of the molecule is [2H]c1c(Cl)c(Oc2cc(C(C([2H])([2H])[2H])C([2H])([2H])[2H])c(=O)[nH]n2)c(Cl)c([2H])c1-n1nc(C#N)c(=O)[nH]c1=O. The van der Waals surface area contributed by atoms with Gasteiger partial charge in [0.1, 0.15) is 6.07 Å². The number of benzene rings is 1. The van der Waals surface area contributed by atoms with E-state index in [1.54, 1.807) is 4.98 Å². The molecule has 3 rings (SSSR count). The lowest BCUT2D eigenvalue weighted by molar-refractivity contribution is 0.452. The van der Waals surface area contributed by atoms with Gasteiger partial charge in [-0.15, -0.1) is 10.2 Å². The van der Waals surface area contributed by atoms with E-state index in [2.05, 4.69) is 10.2 Å². The third-order valence-electron chi connectivity index (χ3n) is 3.33. The molecular formula is C17H12Cl2N6O4. The molecule has 0 unspecified atom stereocenters. The normalized spacial score (nSPS) is 15.7. The average molecular weight is 443 g/mol. The summed E-state index contributed by atoms with van der Waals surface area (Å²) in [5.41, 5.74) is -5.52. The predicted molar refractivity (Wildman–Crippen MR) is 104 cm³/mol. The number of hydrogen-bond acceptors (Lipinski definition) is 7. The number of ether oxygens (including phenoxy) is 1. The van der Waals surface area contributed by atoms with Gasteiger partial charge in [-0.1, -0.05) is 36.9 Å². The first-order chi connectivity index (χ1) is 17.0. The molecule has 0 saturated carbocycles. The molecule has 10 nitrogen and oxygen atoms in total. The predicted octanol–water partition coefficient (Wildman–Crippen LogP) is 2.10. The van der Waals surface area contributed by atoms with Crippen molar-refractivity contribution in [2.45, 2.75) is 19.6 Å². The summed E-state index contributed by atoms with van der Waals surface area (Å²) in [5, 5.41) is 16.7. The van der Waals surface area contributed by atoms with E-state index in [9.17, 15) is 14.4 Å². The number of nitriles is 1. The number of hydrogen-bond donors (Lipinski definition) is 2. The summed E-state index contributed by atoms with van der Waals surface area (Å²) < 4.78 is 67.6. The van der Waals surface area contributed by atoms with Crippen molar-refractivity contribution in [3.63, 3.8) is 0 Å². The van der Waals surface area contributed by atoms with Crippen molar-refractivity contribution in [3.05, 3.63) is 70.6 Å². The molecule has 0 bridgehead atoms. The summed E-state index contributed by atoms with van der Waals surface area (Å²) in [5.74, 6) is -3.40. The fourth-order valence-electron chi connectivity index (χ4n) is 2.04. The second kappa shape index (κ2) is 7.90. The van der Waals surface area contributed by atoms with E-state index >= 15 is 0 Å². The summed E-state index contributed by atoms with van der Waals surface area (Å²) >= 11 is 12.3. The molecule has 0 amide bonds. The maximum Gasteiger partial charge on any atom is 0.349 e. The summed E-state index contributed by atoms with van der Waals surface area (Å²) in [7, 11) is 0. The second-order valence-electron chi connectivity index (χ2n) is 5.21. The van der Waals surface area contributed by atoms with Gasteiger partial charge < -0.3 is 4.74 Å². The lowest BCUT2D eigenvalue weighted by atomic mass is 10.1. The molecule has 0 atom stereocenters. The van der Waals surface area contributed by atoms with Crippen LogP contribution in [0.2, 0.25) is 10.0 Å². The van der Waals surface area contributed by atoms with Crippen molar-refractivity contribution in [1.82, 2.24) is 25.0 Å². The van der Waals surface area contributed by atoms with Crippen LogP contribution in [0.25, 0.3) is 5.69 Å². The maximum absolute atomic E-state index is 12.2. The van der Waals surface area contributed by atoms with Crippen LogP contribution in [-0.2, 0) is 0 Å². The molecule has 2 aromatic heterocycles. The monoisotopic (exact) mass is 442 g/mol. The molecule has 2 heterocycles. The topological polar surface area (TPSA) is 147 Å². The molecular weight excluding hydrogens is 423 g/mol. The van der Waals surface area contributed by atoms with Gasteiger partial charge in [0.05, 0.1) is 18.5 Å². The Kier molecular flexibility index (Phi) is 3.33. The van der Waals surface area contributed by atoms with E-state index in [1.165, 1.54) is 6.07 Å². The maximum atomic E-state index is 12.2. The number of rotatable bonds is 4. The van der Waals surface area contributed by atoms with E-state index in [1.807, 2.05) is 5.10 Å². The molecule has 3 aromatic rings. The smallest absolute Gasteiger partial charge is 0.349 e. The standard InChI is InChI=1S/C17H12Cl2N6O4/c1-7(2)9-5-13(22-23-15(9)26)29-14-10(18)3-8(4-11(14)19)25-17(28)21-16(27)12(6-20)24-25/h3-5,7H,1-2H3,(H,23,26)(H,21,27,28)/i1D3,2D3,3D,4D. The van der Waals surface area contributed by atoms with Crippen molar-refractivity contribution in [2.24, 2.45) is 0 Å². The van der Waals surface area contributed by atoms with Gasteiger partial charge in [-0.25, -0.2) is 9.89 Å². The molecule has 0 spiro atoms. The summed E-state index contributed by atoms with van der Waals surface area (Å²) in [6.45, 7) is -6.23. The first-order valence-electron chi connectivity index (χ1n) is 11.4. The van der Waals surface area contributed by atoms with Crippen molar-refractivity contribution >= 4 is 23.2 Å². The number of halogens is 2. The molecule has 1 aromatic carbocycles. The Morgan fingerprint density at radius 1 is 1.28 bits per heavy atom. The zero-order valence-corrected chi connectivity index (χ0v) is 15.3. The number of aromatic amines is 2. The number of nitrogens with one attached hydrogen (secondary N) is 2. The third-order valence-corrected chi connectivity index (χ3v) is 3.86. The van der Waals surface area contributed by atoms with Crippen LogP contribution >= 0.6 is 23.2 Å². The Hall–Kier alpha value is -3.42. The molecule has 0 radical (unpaired) electrons. The Morgan fingerprint density at radius 3 is 2.59 bits per heavy atom. The summed E-state index contributed by atoms with van der Waals surface area (Å²) in [6, 6.07) is 0.659. The molecule has 29 heavy (non-hydrogen) atoms. The van der Waals surface area contributed by atoms with Gasteiger partial charge in [0, 0.05) is 19.9 Å². The van der Waals surface area contributed by atoms with E-state index in [4.69, 9.17) is 44.2 Å². The largest absolute Gasteiger partial charge is 0.434 e. The molecule has 2 N–H and O–H groups in total. The minimum absolute atomic E-state index is 0.361. The van der Waals surface area contributed by atoms with Gasteiger partial charge in [-0.3, -0.25) is 14.6 Å². The highest BCUT2D eigenvalue weighted by molar-refractivity contribution is 6.37. The molecule has 148 valence electrons. The second-order valence-corrected chi connectivity index (χ2v) is 5.97. The van der Waals surface area contributed by atoms with Crippen LogP contribution in [0.5, 0.6) is 11.6 Å². The Bertz CT molecular complexity index is 1580. The first kappa shape index (κ1) is 12.2. The van der Waals surface area contributed by atoms with Crippen LogP contribution in [0.4, 0.5) is 0 Å². The van der Waals surface area contributed by atoms with Crippen LogP contribution in [0.1, 0.15) is 41.8 Å². The van der Waals surface area contributed by atoms with Crippen LogP contribution in [0, 0.1) is 11.3 Å². The molecule has 0 aliphatic carbocycles. The Labute approximate surface area is 183 Å². The van der Waals surface area contributed by atoms with Crippen LogP contribution < -0.4 is 21.5 Å².